The molecule has 0 spiro atoms. The van der Waals surface area contributed by atoms with Crippen molar-refractivity contribution >= 4 is 12.0 Å². The number of hydrazine groups is 1. The highest BCUT2D eigenvalue weighted by molar-refractivity contribution is 5.78. The lowest BCUT2D eigenvalue weighted by Gasteiger charge is -2.18. The zero-order valence-corrected chi connectivity index (χ0v) is 17.5. The molecule has 2 amide bonds. The summed E-state index contributed by atoms with van der Waals surface area (Å²) in [7, 11) is 0. The van der Waals surface area contributed by atoms with Crippen molar-refractivity contribution in [3.63, 3.8) is 0 Å². The molecule has 8 nitrogen and oxygen atoms in total. The van der Waals surface area contributed by atoms with E-state index in [0.29, 0.717) is 19.3 Å². The zero-order valence-electron chi connectivity index (χ0n) is 17.5. The van der Waals surface area contributed by atoms with Crippen LogP contribution < -0.4 is 21.5 Å². The van der Waals surface area contributed by atoms with E-state index >= 15 is 0 Å². The predicted molar refractivity (Wildman–Crippen MR) is 109 cm³/mol. The minimum atomic E-state index is -0.711. The molecule has 31 heavy (non-hydrogen) atoms. The van der Waals surface area contributed by atoms with Gasteiger partial charge < -0.3 is 20.5 Å². The first-order chi connectivity index (χ1) is 14.8. The van der Waals surface area contributed by atoms with Crippen molar-refractivity contribution in [1.29, 1.82) is 0 Å². The Morgan fingerprint density at radius 2 is 1.94 bits per heavy atom. The zero-order chi connectivity index (χ0) is 22.4. The van der Waals surface area contributed by atoms with E-state index < -0.39 is 23.8 Å². The monoisotopic (exact) mass is 440 g/mol. The van der Waals surface area contributed by atoms with Crippen molar-refractivity contribution in [2.24, 2.45) is 5.92 Å². The molecule has 1 aliphatic carbocycles. The molecule has 2 fully saturated rings. The molecule has 10 heteroatoms. The molecule has 1 aliphatic heterocycles. The van der Waals surface area contributed by atoms with E-state index in [9.17, 15) is 23.5 Å². The maximum Gasteiger partial charge on any atom is 0.407 e. The molecule has 5 N–H and O–H groups in total. The van der Waals surface area contributed by atoms with Crippen molar-refractivity contribution < 1.29 is 28.2 Å². The van der Waals surface area contributed by atoms with Gasteiger partial charge in [0.2, 0.25) is 5.91 Å². The third-order valence-electron chi connectivity index (χ3n) is 5.78. The Morgan fingerprint density at radius 1 is 1.19 bits per heavy atom. The van der Waals surface area contributed by atoms with Crippen LogP contribution >= 0.6 is 0 Å². The van der Waals surface area contributed by atoms with Gasteiger partial charge in [-0.3, -0.25) is 10.2 Å². The molecule has 172 valence electrons. The number of hydrogen-bond donors (Lipinski definition) is 5. The number of hydrogen-bond acceptors (Lipinski definition) is 6. The van der Waals surface area contributed by atoms with Gasteiger partial charge in [0.25, 0.3) is 0 Å². The molecule has 1 saturated carbocycles. The molecule has 2 aliphatic rings. The van der Waals surface area contributed by atoms with E-state index in [1.165, 1.54) is 0 Å². The van der Waals surface area contributed by atoms with E-state index in [4.69, 9.17) is 4.74 Å². The summed E-state index contributed by atoms with van der Waals surface area (Å²) in [5.74, 6) is -1.47. The molecule has 1 aromatic rings. The maximum atomic E-state index is 13.3. The van der Waals surface area contributed by atoms with Gasteiger partial charge in [-0.25, -0.2) is 19.0 Å². The van der Waals surface area contributed by atoms with Gasteiger partial charge in [-0.05, 0) is 55.7 Å². The normalized spacial score (nSPS) is 26.5. The maximum absolute atomic E-state index is 13.3. The number of aliphatic hydroxyl groups is 1. The molecular formula is C21H30F2N4O4. The van der Waals surface area contributed by atoms with Crippen molar-refractivity contribution in [3.8, 4) is 0 Å². The average Bonchev–Trinajstić information content (AvgIpc) is 3.34. The van der Waals surface area contributed by atoms with Gasteiger partial charge in [0.05, 0.1) is 18.7 Å². The highest BCUT2D eigenvalue weighted by atomic mass is 19.1. The summed E-state index contributed by atoms with van der Waals surface area (Å²) in [6.07, 6.45) is 1.88. The summed E-state index contributed by atoms with van der Waals surface area (Å²) in [5, 5.41) is 14.9. The quantitative estimate of drug-likeness (QED) is 0.419. The second kappa shape index (κ2) is 10.8. The molecular weight excluding hydrogens is 410 g/mol. The Morgan fingerprint density at radius 3 is 2.65 bits per heavy atom. The molecule has 1 aromatic carbocycles. The smallest absolute Gasteiger partial charge is 0.407 e. The number of carbonyl (C=O) groups excluding carboxylic acids is 2. The van der Waals surface area contributed by atoms with Crippen LogP contribution in [0, 0.1) is 17.6 Å². The highest BCUT2D eigenvalue weighted by Gasteiger charge is 2.37. The summed E-state index contributed by atoms with van der Waals surface area (Å²) >= 11 is 0. The van der Waals surface area contributed by atoms with E-state index in [0.717, 1.165) is 31.0 Å². The van der Waals surface area contributed by atoms with E-state index in [-0.39, 0.29) is 48.7 Å². The van der Waals surface area contributed by atoms with Gasteiger partial charge in [0.15, 0.2) is 0 Å². The lowest BCUT2D eigenvalue weighted by Crippen LogP contribution is -2.45. The summed E-state index contributed by atoms with van der Waals surface area (Å²) in [6.45, 7) is 2.00. The average molecular weight is 440 g/mol. The van der Waals surface area contributed by atoms with Crippen molar-refractivity contribution in [1.82, 2.24) is 21.5 Å². The number of rotatable bonds is 8. The molecule has 0 radical (unpaired) electrons. The van der Waals surface area contributed by atoms with Crippen LogP contribution in [0.4, 0.5) is 13.6 Å². The van der Waals surface area contributed by atoms with Crippen molar-refractivity contribution in [2.45, 2.75) is 69.9 Å². The van der Waals surface area contributed by atoms with E-state index in [1.807, 2.05) is 6.92 Å². The lowest BCUT2D eigenvalue weighted by atomic mass is 9.96. The Hall–Kier alpha value is -2.30. The van der Waals surface area contributed by atoms with Gasteiger partial charge in [-0.15, -0.1) is 0 Å². The lowest BCUT2D eigenvalue weighted by molar-refractivity contribution is -0.121. The third-order valence-corrected chi connectivity index (χ3v) is 5.78. The van der Waals surface area contributed by atoms with Crippen LogP contribution in [-0.4, -0.2) is 48.1 Å². The van der Waals surface area contributed by atoms with Crippen LogP contribution in [-0.2, 0) is 16.0 Å². The van der Waals surface area contributed by atoms with Gasteiger partial charge in [0, 0.05) is 18.7 Å². The van der Waals surface area contributed by atoms with Crippen molar-refractivity contribution in [2.75, 3.05) is 6.54 Å². The molecule has 5 atom stereocenters. The summed E-state index contributed by atoms with van der Waals surface area (Å²) < 4.78 is 32.0. The van der Waals surface area contributed by atoms with E-state index in [1.54, 1.807) is 0 Å². The molecule has 0 bridgehead atoms. The minimum Gasteiger partial charge on any atom is -0.446 e. The fourth-order valence-electron chi connectivity index (χ4n) is 4.11. The highest BCUT2D eigenvalue weighted by Crippen LogP contribution is 2.32. The van der Waals surface area contributed by atoms with Gasteiger partial charge in [-0.1, -0.05) is 6.92 Å². The Balaban J connectivity index is 1.38. The first-order valence-corrected chi connectivity index (χ1v) is 10.7. The Bertz CT molecular complexity index is 761. The number of nitrogens with one attached hydrogen (secondary N) is 4. The first kappa shape index (κ1) is 23.4. The van der Waals surface area contributed by atoms with E-state index in [2.05, 4.69) is 21.5 Å². The molecule has 3 unspecified atom stereocenters. The predicted octanol–water partition coefficient (Wildman–Crippen LogP) is 1.48. The summed E-state index contributed by atoms with van der Waals surface area (Å²) in [5.41, 5.74) is 6.50. The summed E-state index contributed by atoms with van der Waals surface area (Å²) in [4.78, 5) is 24.1. The first-order valence-electron chi connectivity index (χ1n) is 10.7. The molecule has 1 saturated heterocycles. The Kier molecular flexibility index (Phi) is 8.16. The largest absolute Gasteiger partial charge is 0.446 e. The van der Waals surface area contributed by atoms with Crippen LogP contribution in [0.3, 0.4) is 0 Å². The van der Waals surface area contributed by atoms with Crippen LogP contribution in [0.1, 0.15) is 44.6 Å². The van der Waals surface area contributed by atoms with Gasteiger partial charge in [0.1, 0.15) is 17.7 Å². The number of amides is 2. The number of aliphatic hydroxyl groups excluding tert-OH is 1. The fourth-order valence-corrected chi connectivity index (χ4v) is 4.11. The number of benzene rings is 1. The van der Waals surface area contributed by atoms with Crippen LogP contribution in [0.15, 0.2) is 18.2 Å². The number of alkyl carbamates (subject to hydrolysis) is 1. The topological polar surface area (TPSA) is 112 Å². The number of ether oxygens (including phenoxy) is 1. The molecule has 1 heterocycles. The molecule has 0 aromatic heterocycles. The van der Waals surface area contributed by atoms with Crippen LogP contribution in [0.2, 0.25) is 0 Å². The van der Waals surface area contributed by atoms with Gasteiger partial charge in [-0.2, -0.15) is 0 Å². The van der Waals surface area contributed by atoms with Gasteiger partial charge >= 0.3 is 6.09 Å². The molecule has 3 rings (SSSR count). The second-order valence-corrected chi connectivity index (χ2v) is 8.25. The minimum absolute atomic E-state index is 0.107. The van der Waals surface area contributed by atoms with Crippen molar-refractivity contribution in [3.05, 3.63) is 35.4 Å². The Labute approximate surface area is 180 Å². The number of carbonyl (C=O) groups is 2. The summed E-state index contributed by atoms with van der Waals surface area (Å²) in [6, 6.07) is 3.16. The number of halogens is 2. The SMILES string of the molecule is CCC(O)CNC(=O)O[C@@H]1CC[C@H](C2CC(NC(=O)Cc3cc(F)cc(F)c3)NN2)C1. The fraction of sp³-hybridized carbons (Fsp3) is 0.619. The third kappa shape index (κ3) is 7.12. The van der Waals surface area contributed by atoms with Crippen LogP contribution in [0.25, 0.3) is 0 Å². The second-order valence-electron chi connectivity index (χ2n) is 8.25. The standard InChI is InChI=1S/C21H30F2N4O4/c1-2-16(28)11-24-21(30)31-17-4-3-13(8-17)18-10-19(27-26-18)25-20(29)7-12-5-14(22)9-15(23)6-12/h5-6,9,13,16-19,26-28H,2-4,7-8,10-11H2,1H3,(H,24,30)(H,25,29)/t13-,16?,17+,18?,19?/m0/s1. The van der Waals surface area contributed by atoms with Crippen LogP contribution in [0.5, 0.6) is 0 Å².